The van der Waals surface area contributed by atoms with Gasteiger partial charge >= 0.3 is 0 Å². The van der Waals surface area contributed by atoms with Crippen LogP contribution >= 0.6 is 35.6 Å². The van der Waals surface area contributed by atoms with E-state index in [1.165, 1.54) is 0 Å². The Hall–Kier alpha value is -0.780. The molecular formula is C15H19ClN2OS2. The fourth-order valence-electron chi connectivity index (χ4n) is 2.48. The minimum atomic E-state index is -0.286. The lowest BCUT2D eigenvalue weighted by atomic mass is 10.1. The Morgan fingerprint density at radius 1 is 1.43 bits per heavy atom. The summed E-state index contributed by atoms with van der Waals surface area (Å²) in [4.78, 5) is 2.03. The molecule has 0 saturated carbocycles. The molecule has 1 aliphatic rings. The van der Waals surface area contributed by atoms with Gasteiger partial charge in [0.1, 0.15) is 9.07 Å². The number of thiocarbonyl (C=S) groups is 1. The highest BCUT2D eigenvalue weighted by atomic mass is 35.5. The zero-order valence-electron chi connectivity index (χ0n) is 12.4. The molecule has 1 aromatic carbocycles. The van der Waals surface area contributed by atoms with Gasteiger partial charge in [0.15, 0.2) is 6.21 Å². The van der Waals surface area contributed by atoms with Crippen LogP contribution < -0.4 is 0 Å². The lowest BCUT2D eigenvalue weighted by Crippen LogP contribution is -2.48. The standard InChI is InChI=1S/C15H19ClN2OS2/c1-4-9-17-13(15(2,3)21-14(17)20)18(19)10-11-5-7-12(16)8-6-11/h5-8,10,13H,4,9H2,1-3H3/b18-10-/t13-/m1/s1. The smallest absolute Gasteiger partial charge is 0.254 e. The summed E-state index contributed by atoms with van der Waals surface area (Å²) < 4.78 is 1.58. The molecule has 0 amide bonds. The van der Waals surface area contributed by atoms with Gasteiger partial charge in [0.25, 0.3) is 6.17 Å². The first-order valence-corrected chi connectivity index (χ1v) is 8.51. The molecule has 2 rings (SSSR count). The SMILES string of the molecule is CCCN1C(=S)SC(C)(C)[C@H]1/[N+]([O-])=C/c1ccc(Cl)cc1. The quantitative estimate of drug-likeness (QED) is 0.271. The maximum atomic E-state index is 12.7. The van der Waals surface area contributed by atoms with Crippen LogP contribution in [-0.4, -0.2) is 37.6 Å². The van der Waals surface area contributed by atoms with Gasteiger partial charge in [-0.25, -0.2) is 0 Å². The fourth-order valence-corrected chi connectivity index (χ4v) is 4.53. The Kier molecular flexibility index (Phi) is 5.17. The molecule has 1 fully saturated rings. The van der Waals surface area contributed by atoms with E-state index in [-0.39, 0.29) is 10.9 Å². The van der Waals surface area contributed by atoms with E-state index in [9.17, 15) is 5.21 Å². The average molecular weight is 343 g/mol. The number of hydroxylamine groups is 1. The second-order valence-electron chi connectivity index (χ2n) is 5.58. The van der Waals surface area contributed by atoms with Crippen LogP contribution in [0.1, 0.15) is 32.8 Å². The molecule has 114 valence electrons. The molecule has 3 nitrogen and oxygen atoms in total. The third kappa shape index (κ3) is 3.71. The summed E-state index contributed by atoms with van der Waals surface area (Å²) in [5.74, 6) is 0. The molecule has 1 heterocycles. The topological polar surface area (TPSA) is 29.3 Å². The second-order valence-corrected chi connectivity index (χ2v) is 8.30. The van der Waals surface area contributed by atoms with Gasteiger partial charge < -0.3 is 5.21 Å². The Labute approximate surface area is 140 Å². The summed E-state index contributed by atoms with van der Waals surface area (Å²) >= 11 is 12.9. The van der Waals surface area contributed by atoms with Crippen LogP contribution in [0.2, 0.25) is 5.02 Å². The van der Waals surface area contributed by atoms with Crippen LogP contribution in [0.15, 0.2) is 24.3 Å². The second kappa shape index (κ2) is 6.55. The molecular weight excluding hydrogens is 324 g/mol. The molecule has 0 radical (unpaired) electrons. The van der Waals surface area contributed by atoms with Crippen molar-refractivity contribution in [1.82, 2.24) is 4.90 Å². The van der Waals surface area contributed by atoms with Crippen LogP contribution in [0.25, 0.3) is 0 Å². The molecule has 0 unspecified atom stereocenters. The first kappa shape index (κ1) is 16.6. The highest BCUT2D eigenvalue weighted by Gasteiger charge is 2.49. The molecule has 0 bridgehead atoms. The first-order chi connectivity index (χ1) is 9.85. The van der Waals surface area contributed by atoms with Crippen molar-refractivity contribution in [2.45, 2.75) is 38.1 Å². The first-order valence-electron chi connectivity index (χ1n) is 6.90. The van der Waals surface area contributed by atoms with Gasteiger partial charge in [0.2, 0.25) is 0 Å². The van der Waals surface area contributed by atoms with Crippen molar-refractivity contribution in [3.8, 4) is 0 Å². The Morgan fingerprint density at radius 2 is 2.05 bits per heavy atom. The van der Waals surface area contributed by atoms with Crippen LogP contribution in [0.5, 0.6) is 0 Å². The van der Waals surface area contributed by atoms with E-state index in [0.717, 1.165) is 27.6 Å². The zero-order chi connectivity index (χ0) is 15.6. The minimum Gasteiger partial charge on any atom is -0.622 e. The molecule has 0 aliphatic carbocycles. The van der Waals surface area contributed by atoms with Crippen molar-refractivity contribution < 1.29 is 4.74 Å². The number of thioether (sulfide) groups is 1. The van der Waals surface area contributed by atoms with Crippen molar-refractivity contribution in [2.75, 3.05) is 6.54 Å². The molecule has 1 saturated heterocycles. The molecule has 0 N–H and O–H groups in total. The van der Waals surface area contributed by atoms with Crippen molar-refractivity contribution >= 4 is 46.1 Å². The monoisotopic (exact) mass is 342 g/mol. The molecule has 0 aromatic heterocycles. The molecule has 21 heavy (non-hydrogen) atoms. The lowest BCUT2D eigenvalue weighted by Gasteiger charge is -2.29. The summed E-state index contributed by atoms with van der Waals surface area (Å²) in [6, 6.07) is 7.24. The van der Waals surface area contributed by atoms with Crippen LogP contribution in [0.3, 0.4) is 0 Å². The predicted molar refractivity (Wildman–Crippen MR) is 95.3 cm³/mol. The average Bonchev–Trinajstić information content (AvgIpc) is 2.62. The van der Waals surface area contributed by atoms with Gasteiger partial charge in [0.05, 0.1) is 0 Å². The highest BCUT2D eigenvalue weighted by molar-refractivity contribution is 8.24. The number of benzene rings is 1. The Balaban J connectivity index is 2.31. The van der Waals surface area contributed by atoms with Gasteiger partial charge in [-0.15, -0.1) is 0 Å². The summed E-state index contributed by atoms with van der Waals surface area (Å²) in [6.45, 7) is 7.01. The van der Waals surface area contributed by atoms with Gasteiger partial charge in [0, 0.05) is 17.1 Å². The normalized spacial score (nSPS) is 21.9. The fraction of sp³-hybridized carbons (Fsp3) is 0.467. The van der Waals surface area contributed by atoms with E-state index in [0.29, 0.717) is 5.02 Å². The van der Waals surface area contributed by atoms with Crippen molar-refractivity contribution in [3.63, 3.8) is 0 Å². The van der Waals surface area contributed by atoms with Crippen LogP contribution in [0, 0.1) is 5.21 Å². The minimum absolute atomic E-state index is 0.239. The Bertz CT molecular complexity index is 557. The van der Waals surface area contributed by atoms with Gasteiger partial charge in [-0.05, 0) is 44.5 Å². The summed E-state index contributed by atoms with van der Waals surface area (Å²) in [5, 5.41) is 13.3. The van der Waals surface area contributed by atoms with E-state index in [1.807, 2.05) is 17.0 Å². The van der Waals surface area contributed by atoms with Crippen molar-refractivity contribution in [3.05, 3.63) is 40.1 Å². The van der Waals surface area contributed by atoms with E-state index < -0.39 is 0 Å². The number of nitrogens with zero attached hydrogens (tertiary/aromatic N) is 2. The summed E-state index contributed by atoms with van der Waals surface area (Å²) in [5.41, 5.74) is 0.837. The summed E-state index contributed by atoms with van der Waals surface area (Å²) in [6.07, 6.45) is 2.28. The maximum absolute atomic E-state index is 12.7. The molecule has 1 atom stereocenters. The lowest BCUT2D eigenvalue weighted by molar-refractivity contribution is -0.523. The van der Waals surface area contributed by atoms with Gasteiger partial charge in [-0.1, -0.05) is 42.5 Å². The molecule has 0 spiro atoms. The van der Waals surface area contributed by atoms with Crippen LogP contribution in [-0.2, 0) is 0 Å². The molecule has 1 aliphatic heterocycles. The van der Waals surface area contributed by atoms with Crippen molar-refractivity contribution in [2.24, 2.45) is 0 Å². The van der Waals surface area contributed by atoms with E-state index in [2.05, 4.69) is 20.8 Å². The molecule has 1 aromatic rings. The third-order valence-corrected chi connectivity index (χ3v) is 5.24. The number of hydrogen-bond acceptors (Lipinski definition) is 3. The highest BCUT2D eigenvalue weighted by Crippen LogP contribution is 2.41. The van der Waals surface area contributed by atoms with Crippen LogP contribution in [0.4, 0.5) is 0 Å². The number of rotatable bonds is 4. The van der Waals surface area contributed by atoms with Gasteiger partial charge in [-0.3, -0.25) is 4.90 Å². The summed E-state index contributed by atoms with van der Waals surface area (Å²) in [7, 11) is 0. The third-order valence-electron chi connectivity index (χ3n) is 3.35. The predicted octanol–water partition coefficient (Wildman–Crippen LogP) is 4.12. The number of hydrogen-bond donors (Lipinski definition) is 0. The number of halogens is 1. The zero-order valence-corrected chi connectivity index (χ0v) is 14.8. The van der Waals surface area contributed by atoms with E-state index in [1.54, 1.807) is 30.1 Å². The largest absolute Gasteiger partial charge is 0.622 e. The molecule has 6 heteroatoms. The maximum Gasteiger partial charge on any atom is 0.254 e. The van der Waals surface area contributed by atoms with E-state index in [4.69, 9.17) is 23.8 Å². The van der Waals surface area contributed by atoms with Gasteiger partial charge in [-0.2, -0.15) is 4.74 Å². The van der Waals surface area contributed by atoms with Crippen molar-refractivity contribution in [1.29, 1.82) is 0 Å². The van der Waals surface area contributed by atoms with E-state index >= 15 is 0 Å². The Morgan fingerprint density at radius 3 is 2.62 bits per heavy atom.